The molecule has 1 fully saturated rings. The van der Waals surface area contributed by atoms with Gasteiger partial charge < -0.3 is 10.1 Å². The van der Waals surface area contributed by atoms with Crippen LogP contribution in [0.3, 0.4) is 0 Å². The van der Waals surface area contributed by atoms with Crippen LogP contribution in [0.5, 0.6) is 5.75 Å². The molecule has 2 aromatic rings. The first kappa shape index (κ1) is 19.5. The smallest absolute Gasteiger partial charge is 0.120 e. The third-order valence-electron chi connectivity index (χ3n) is 4.90. The largest absolute Gasteiger partial charge is 0.489 e. The molecule has 1 aliphatic heterocycles. The minimum Gasteiger partial charge on any atom is -0.489 e. The van der Waals surface area contributed by atoms with E-state index in [1.807, 2.05) is 24.3 Å². The van der Waals surface area contributed by atoms with Gasteiger partial charge in [-0.3, -0.25) is 4.90 Å². The van der Waals surface area contributed by atoms with E-state index in [1.165, 1.54) is 24.9 Å². The molecule has 0 amide bonds. The summed E-state index contributed by atoms with van der Waals surface area (Å²) in [7, 11) is 0. The van der Waals surface area contributed by atoms with E-state index in [2.05, 4.69) is 29.3 Å². The second kappa shape index (κ2) is 9.61. The second-order valence-corrected chi connectivity index (χ2v) is 7.55. The van der Waals surface area contributed by atoms with Crippen molar-refractivity contribution in [3.63, 3.8) is 0 Å². The topological polar surface area (TPSA) is 24.5 Å². The molecule has 1 aliphatic rings. The molecule has 0 radical (unpaired) electrons. The summed E-state index contributed by atoms with van der Waals surface area (Å²) < 4.78 is 5.90. The molecule has 3 nitrogen and oxygen atoms in total. The Balaban J connectivity index is 1.49. The predicted molar refractivity (Wildman–Crippen MR) is 109 cm³/mol. The van der Waals surface area contributed by atoms with Crippen LogP contribution < -0.4 is 10.1 Å². The molecular formula is C21H26Cl2N2O. The maximum atomic E-state index is 6.05. The van der Waals surface area contributed by atoms with Gasteiger partial charge in [0.25, 0.3) is 0 Å². The lowest BCUT2D eigenvalue weighted by atomic mass is 10.2. The Kier molecular flexibility index (Phi) is 7.21. The number of likely N-dealkylation sites (tertiary alicyclic amines) is 1. The van der Waals surface area contributed by atoms with Crippen molar-refractivity contribution < 1.29 is 4.74 Å². The summed E-state index contributed by atoms with van der Waals surface area (Å²) in [5.74, 6) is 0.867. The van der Waals surface area contributed by atoms with Gasteiger partial charge in [0, 0.05) is 19.1 Å². The highest BCUT2D eigenvalue weighted by atomic mass is 35.5. The van der Waals surface area contributed by atoms with Crippen LogP contribution in [0.2, 0.25) is 10.0 Å². The summed E-state index contributed by atoms with van der Waals surface area (Å²) >= 11 is 12.0. The highest BCUT2D eigenvalue weighted by Crippen LogP contribution is 2.23. The van der Waals surface area contributed by atoms with Crippen molar-refractivity contribution in [1.82, 2.24) is 10.2 Å². The molecular weight excluding hydrogens is 367 g/mol. The zero-order valence-electron chi connectivity index (χ0n) is 15.2. The lowest BCUT2D eigenvalue weighted by molar-refractivity contribution is 0.260. The zero-order valence-corrected chi connectivity index (χ0v) is 16.7. The molecule has 2 aromatic carbocycles. The molecule has 3 rings (SSSR count). The quantitative estimate of drug-likeness (QED) is 0.672. The van der Waals surface area contributed by atoms with Crippen molar-refractivity contribution in [2.45, 2.75) is 39.0 Å². The second-order valence-electron chi connectivity index (χ2n) is 6.74. The van der Waals surface area contributed by atoms with Crippen LogP contribution >= 0.6 is 23.2 Å². The molecule has 1 unspecified atom stereocenters. The van der Waals surface area contributed by atoms with E-state index >= 15 is 0 Å². The van der Waals surface area contributed by atoms with Crippen LogP contribution in [0.4, 0.5) is 0 Å². The Morgan fingerprint density at radius 1 is 1.12 bits per heavy atom. The van der Waals surface area contributed by atoms with Crippen molar-refractivity contribution in [3.05, 3.63) is 63.6 Å². The van der Waals surface area contributed by atoms with Crippen molar-refractivity contribution in [3.8, 4) is 5.75 Å². The van der Waals surface area contributed by atoms with E-state index in [0.717, 1.165) is 30.9 Å². The lowest BCUT2D eigenvalue weighted by Crippen LogP contribution is -2.37. The summed E-state index contributed by atoms with van der Waals surface area (Å²) in [6, 6.07) is 14.5. The molecule has 1 atom stereocenters. The molecule has 0 saturated carbocycles. The van der Waals surface area contributed by atoms with Gasteiger partial charge in [-0.1, -0.05) is 48.3 Å². The van der Waals surface area contributed by atoms with Crippen molar-refractivity contribution in [2.75, 3.05) is 19.6 Å². The van der Waals surface area contributed by atoms with Gasteiger partial charge in [-0.15, -0.1) is 0 Å². The summed E-state index contributed by atoms with van der Waals surface area (Å²) in [6.07, 6.45) is 2.62. The number of halogens is 2. The Labute approximate surface area is 166 Å². The van der Waals surface area contributed by atoms with Gasteiger partial charge in [-0.25, -0.2) is 0 Å². The van der Waals surface area contributed by atoms with Gasteiger partial charge in [-0.05, 0) is 61.3 Å². The Hall–Kier alpha value is -1.26. The van der Waals surface area contributed by atoms with Gasteiger partial charge in [0.1, 0.15) is 12.4 Å². The van der Waals surface area contributed by atoms with Crippen molar-refractivity contribution in [2.24, 2.45) is 0 Å². The van der Waals surface area contributed by atoms with E-state index in [0.29, 0.717) is 22.7 Å². The summed E-state index contributed by atoms with van der Waals surface area (Å²) in [5, 5.41) is 4.71. The monoisotopic (exact) mass is 392 g/mol. The first-order chi connectivity index (χ1) is 12.7. The minimum atomic E-state index is 0.474. The molecule has 140 valence electrons. The first-order valence-corrected chi connectivity index (χ1v) is 10.0. The van der Waals surface area contributed by atoms with Crippen LogP contribution in [0.15, 0.2) is 42.5 Å². The van der Waals surface area contributed by atoms with Crippen LogP contribution in [-0.2, 0) is 13.2 Å². The highest BCUT2D eigenvalue weighted by Gasteiger charge is 2.21. The van der Waals surface area contributed by atoms with E-state index in [1.54, 1.807) is 6.07 Å². The van der Waals surface area contributed by atoms with Crippen molar-refractivity contribution >= 4 is 23.2 Å². The Morgan fingerprint density at radius 3 is 2.81 bits per heavy atom. The average molecular weight is 393 g/mol. The molecule has 0 bridgehead atoms. The van der Waals surface area contributed by atoms with Crippen molar-refractivity contribution in [1.29, 1.82) is 0 Å². The normalized spacial score (nSPS) is 17.6. The summed E-state index contributed by atoms with van der Waals surface area (Å²) in [4.78, 5) is 2.56. The molecule has 26 heavy (non-hydrogen) atoms. The average Bonchev–Trinajstić information content (AvgIpc) is 3.11. The molecule has 1 N–H and O–H groups in total. The standard InChI is InChI=1S/C21H26Cl2N2O/c1-2-25-10-4-6-18(25)14-24-13-16-5-3-7-19(11-16)26-15-17-8-9-20(22)21(23)12-17/h3,5,7-9,11-12,18,24H,2,4,6,10,13-15H2,1H3. The van der Waals surface area contributed by atoms with Gasteiger partial charge in [0.2, 0.25) is 0 Å². The zero-order chi connectivity index (χ0) is 18.4. The number of nitrogens with zero attached hydrogens (tertiary/aromatic N) is 1. The maximum absolute atomic E-state index is 6.05. The molecule has 0 spiro atoms. The fraction of sp³-hybridized carbons (Fsp3) is 0.429. The SMILES string of the molecule is CCN1CCCC1CNCc1cccc(OCc2ccc(Cl)c(Cl)c2)c1. The van der Waals surface area contributed by atoms with Gasteiger partial charge in [0.15, 0.2) is 0 Å². The van der Waals surface area contributed by atoms with Gasteiger partial charge in [0.05, 0.1) is 10.0 Å². The fourth-order valence-corrected chi connectivity index (χ4v) is 3.79. The third kappa shape index (κ3) is 5.37. The lowest BCUT2D eigenvalue weighted by Gasteiger charge is -2.23. The van der Waals surface area contributed by atoms with Gasteiger partial charge >= 0.3 is 0 Å². The molecule has 5 heteroatoms. The number of hydrogen-bond donors (Lipinski definition) is 1. The maximum Gasteiger partial charge on any atom is 0.120 e. The van der Waals surface area contributed by atoms with Gasteiger partial charge in [-0.2, -0.15) is 0 Å². The number of likely N-dealkylation sites (N-methyl/N-ethyl adjacent to an activating group) is 1. The van der Waals surface area contributed by atoms with Crippen LogP contribution in [0, 0.1) is 0 Å². The molecule has 0 aromatic heterocycles. The third-order valence-corrected chi connectivity index (χ3v) is 5.64. The molecule has 1 saturated heterocycles. The summed E-state index contributed by atoms with van der Waals surface area (Å²) in [6.45, 7) is 7.00. The Bertz CT molecular complexity index is 723. The van der Waals surface area contributed by atoms with E-state index in [9.17, 15) is 0 Å². The first-order valence-electron chi connectivity index (χ1n) is 9.26. The Morgan fingerprint density at radius 2 is 2.00 bits per heavy atom. The predicted octanol–water partition coefficient (Wildman–Crippen LogP) is 5.15. The van der Waals surface area contributed by atoms with E-state index < -0.39 is 0 Å². The van der Waals surface area contributed by atoms with Crippen LogP contribution in [0.1, 0.15) is 30.9 Å². The number of ether oxygens (including phenoxy) is 1. The van der Waals surface area contributed by atoms with E-state index in [4.69, 9.17) is 27.9 Å². The number of rotatable bonds is 8. The highest BCUT2D eigenvalue weighted by molar-refractivity contribution is 6.42. The summed E-state index contributed by atoms with van der Waals surface area (Å²) in [5.41, 5.74) is 2.24. The van der Waals surface area contributed by atoms with Crippen LogP contribution in [0.25, 0.3) is 0 Å². The fourth-order valence-electron chi connectivity index (χ4n) is 3.47. The van der Waals surface area contributed by atoms with E-state index in [-0.39, 0.29) is 0 Å². The van der Waals surface area contributed by atoms with Crippen LogP contribution in [-0.4, -0.2) is 30.6 Å². The molecule has 0 aliphatic carbocycles. The number of hydrogen-bond acceptors (Lipinski definition) is 3. The minimum absolute atomic E-state index is 0.474. The number of nitrogens with one attached hydrogen (secondary N) is 1. The number of benzene rings is 2. The molecule has 1 heterocycles.